The molecule has 0 fully saturated rings. The number of cyclic esters (lactones) is 1. The summed E-state index contributed by atoms with van der Waals surface area (Å²) < 4.78 is 11.0. The molecule has 0 saturated heterocycles. The van der Waals surface area contributed by atoms with E-state index in [9.17, 15) is 4.79 Å². The Bertz CT molecular complexity index is 948. The van der Waals surface area contributed by atoms with Crippen molar-refractivity contribution in [3.8, 4) is 5.75 Å². The lowest BCUT2D eigenvalue weighted by molar-refractivity contribution is -0.129. The van der Waals surface area contributed by atoms with Gasteiger partial charge in [-0.05, 0) is 42.8 Å². The molecule has 0 amide bonds. The highest BCUT2D eigenvalue weighted by Gasteiger charge is 2.26. The predicted octanol–water partition coefficient (Wildman–Crippen LogP) is 5.29. The second-order valence-electron chi connectivity index (χ2n) is 5.74. The van der Waals surface area contributed by atoms with Gasteiger partial charge in [0.05, 0.1) is 10.6 Å². The minimum atomic E-state index is -0.555. The fraction of sp³-hybridized carbons (Fsp3) is 0.100. The van der Waals surface area contributed by atoms with E-state index in [2.05, 4.69) is 11.6 Å². The van der Waals surface area contributed by atoms with Gasteiger partial charge in [-0.3, -0.25) is 0 Å². The van der Waals surface area contributed by atoms with E-state index in [1.165, 1.54) is 0 Å². The van der Waals surface area contributed by atoms with Crippen LogP contribution in [0.4, 0.5) is 0 Å². The number of carbonyl (C=O) groups is 1. The van der Waals surface area contributed by atoms with Crippen LogP contribution in [0.1, 0.15) is 18.1 Å². The Hall–Kier alpha value is -2.56. The number of benzene rings is 2. The normalized spacial score (nSPS) is 15.0. The van der Waals surface area contributed by atoms with Crippen LogP contribution in [0.2, 0.25) is 10.0 Å². The molecule has 6 heteroatoms. The number of halogens is 2. The van der Waals surface area contributed by atoms with Gasteiger partial charge in [-0.2, -0.15) is 0 Å². The van der Waals surface area contributed by atoms with Gasteiger partial charge in [0.25, 0.3) is 0 Å². The van der Waals surface area contributed by atoms with Crippen molar-refractivity contribution in [2.75, 3.05) is 6.61 Å². The highest BCUT2D eigenvalue weighted by atomic mass is 35.5. The topological polar surface area (TPSA) is 47.9 Å². The molecular formula is C20H15Cl2NO3. The van der Waals surface area contributed by atoms with E-state index in [0.717, 1.165) is 5.57 Å². The Morgan fingerprint density at radius 3 is 2.77 bits per heavy atom. The molecule has 26 heavy (non-hydrogen) atoms. The van der Waals surface area contributed by atoms with Crippen molar-refractivity contribution in [2.45, 2.75) is 6.92 Å². The third kappa shape index (κ3) is 4.15. The lowest BCUT2D eigenvalue weighted by Gasteiger charge is -2.08. The molecule has 3 rings (SSSR count). The number of carbonyl (C=O) groups excluding carboxylic acids is 1. The minimum absolute atomic E-state index is 0.142. The van der Waals surface area contributed by atoms with E-state index in [-0.39, 0.29) is 11.6 Å². The summed E-state index contributed by atoms with van der Waals surface area (Å²) >= 11 is 12.1. The van der Waals surface area contributed by atoms with Crippen molar-refractivity contribution < 1.29 is 14.3 Å². The molecule has 0 aromatic heterocycles. The Labute approximate surface area is 161 Å². The van der Waals surface area contributed by atoms with E-state index in [1.807, 2.05) is 31.2 Å². The second-order valence-corrected chi connectivity index (χ2v) is 6.59. The van der Waals surface area contributed by atoms with Crippen LogP contribution in [0.5, 0.6) is 5.75 Å². The summed E-state index contributed by atoms with van der Waals surface area (Å²) in [5.41, 5.74) is 2.27. The van der Waals surface area contributed by atoms with E-state index < -0.39 is 5.97 Å². The molecule has 0 N–H and O–H groups in total. The molecule has 4 nitrogen and oxygen atoms in total. The van der Waals surface area contributed by atoms with Crippen LogP contribution < -0.4 is 4.74 Å². The number of esters is 1. The van der Waals surface area contributed by atoms with Crippen molar-refractivity contribution in [3.63, 3.8) is 0 Å². The summed E-state index contributed by atoms with van der Waals surface area (Å²) in [6.45, 7) is 6.08. The van der Waals surface area contributed by atoms with Crippen molar-refractivity contribution in [1.29, 1.82) is 0 Å². The maximum atomic E-state index is 12.2. The van der Waals surface area contributed by atoms with Crippen molar-refractivity contribution in [3.05, 3.63) is 81.5 Å². The summed E-state index contributed by atoms with van der Waals surface area (Å²) in [5.74, 6) is 0.216. The van der Waals surface area contributed by atoms with Crippen LogP contribution in [0.3, 0.4) is 0 Å². The van der Waals surface area contributed by atoms with Gasteiger partial charge in [-0.1, -0.05) is 48.0 Å². The molecule has 2 aromatic carbocycles. The molecule has 0 radical (unpaired) electrons. The SMILES string of the molecule is C=C(C)COc1ccccc1/C=C1\N=C(c2ccc(Cl)cc2Cl)OC1=O. The average Bonchev–Trinajstić information content (AvgIpc) is 2.94. The number of nitrogens with zero attached hydrogens (tertiary/aromatic N) is 1. The Balaban J connectivity index is 1.93. The van der Waals surface area contributed by atoms with E-state index in [1.54, 1.807) is 24.3 Å². The zero-order valence-corrected chi connectivity index (χ0v) is 15.5. The van der Waals surface area contributed by atoms with Gasteiger partial charge in [0.1, 0.15) is 12.4 Å². The van der Waals surface area contributed by atoms with Gasteiger partial charge in [-0.15, -0.1) is 0 Å². The number of para-hydroxylation sites is 1. The van der Waals surface area contributed by atoms with Crippen LogP contribution in [-0.4, -0.2) is 18.5 Å². The summed E-state index contributed by atoms with van der Waals surface area (Å²) in [7, 11) is 0. The molecule has 0 spiro atoms. The van der Waals surface area contributed by atoms with Crippen LogP contribution in [-0.2, 0) is 9.53 Å². The Kier molecular flexibility index (Phi) is 5.45. The molecule has 1 aliphatic rings. The molecule has 132 valence electrons. The largest absolute Gasteiger partial charge is 0.489 e. The van der Waals surface area contributed by atoms with Crippen LogP contribution in [0, 0.1) is 0 Å². The van der Waals surface area contributed by atoms with E-state index in [4.69, 9.17) is 32.7 Å². The number of ether oxygens (including phenoxy) is 2. The molecule has 1 heterocycles. The fourth-order valence-electron chi connectivity index (χ4n) is 2.27. The van der Waals surface area contributed by atoms with Gasteiger partial charge in [0.2, 0.25) is 5.90 Å². The predicted molar refractivity (Wildman–Crippen MR) is 104 cm³/mol. The second kappa shape index (κ2) is 7.77. The number of rotatable bonds is 5. The number of aliphatic imine (C=N–C) groups is 1. The third-order valence-electron chi connectivity index (χ3n) is 3.47. The molecule has 0 aliphatic carbocycles. The van der Waals surface area contributed by atoms with Gasteiger partial charge in [0.15, 0.2) is 5.70 Å². The van der Waals surface area contributed by atoms with Crippen LogP contribution in [0.15, 0.2) is 65.3 Å². The smallest absolute Gasteiger partial charge is 0.363 e. The van der Waals surface area contributed by atoms with Crippen molar-refractivity contribution in [2.24, 2.45) is 4.99 Å². The van der Waals surface area contributed by atoms with Gasteiger partial charge in [0, 0.05) is 10.6 Å². The van der Waals surface area contributed by atoms with Crippen LogP contribution >= 0.6 is 23.2 Å². The van der Waals surface area contributed by atoms with Crippen molar-refractivity contribution >= 4 is 41.1 Å². The highest BCUT2D eigenvalue weighted by molar-refractivity contribution is 6.37. The highest BCUT2D eigenvalue weighted by Crippen LogP contribution is 2.28. The molecule has 2 aromatic rings. The lowest BCUT2D eigenvalue weighted by Crippen LogP contribution is -2.06. The maximum absolute atomic E-state index is 12.2. The first-order valence-corrected chi connectivity index (χ1v) is 8.54. The Morgan fingerprint density at radius 1 is 1.27 bits per heavy atom. The maximum Gasteiger partial charge on any atom is 0.363 e. The standard InChI is InChI=1S/C20H15Cl2NO3/c1-12(2)11-25-18-6-4-3-5-13(18)9-17-20(24)26-19(23-17)15-8-7-14(21)10-16(15)22/h3-10H,1,11H2,2H3/b17-9-. The molecule has 0 atom stereocenters. The first-order valence-electron chi connectivity index (χ1n) is 7.78. The third-order valence-corrected chi connectivity index (χ3v) is 4.02. The molecule has 0 bridgehead atoms. The molecule has 0 unspecified atom stereocenters. The van der Waals surface area contributed by atoms with E-state index in [0.29, 0.717) is 33.5 Å². The fourth-order valence-corrected chi connectivity index (χ4v) is 2.76. The van der Waals surface area contributed by atoms with Gasteiger partial charge >= 0.3 is 5.97 Å². The van der Waals surface area contributed by atoms with Gasteiger partial charge < -0.3 is 9.47 Å². The average molecular weight is 388 g/mol. The first kappa shape index (κ1) is 18.2. The molecule has 1 aliphatic heterocycles. The molecular weight excluding hydrogens is 373 g/mol. The van der Waals surface area contributed by atoms with E-state index >= 15 is 0 Å². The zero-order chi connectivity index (χ0) is 18.7. The van der Waals surface area contributed by atoms with Crippen molar-refractivity contribution in [1.82, 2.24) is 0 Å². The summed E-state index contributed by atoms with van der Waals surface area (Å²) in [6.07, 6.45) is 1.62. The Morgan fingerprint density at radius 2 is 2.04 bits per heavy atom. The quantitative estimate of drug-likeness (QED) is 0.397. The minimum Gasteiger partial charge on any atom is -0.489 e. The zero-order valence-electron chi connectivity index (χ0n) is 14.0. The van der Waals surface area contributed by atoms with Gasteiger partial charge in [-0.25, -0.2) is 9.79 Å². The summed E-state index contributed by atoms with van der Waals surface area (Å²) in [5, 5.41) is 0.846. The first-order chi connectivity index (χ1) is 12.4. The summed E-state index contributed by atoms with van der Waals surface area (Å²) in [6, 6.07) is 12.2. The lowest BCUT2D eigenvalue weighted by atomic mass is 10.1. The number of hydrogen-bond acceptors (Lipinski definition) is 4. The summed E-state index contributed by atoms with van der Waals surface area (Å²) in [4.78, 5) is 16.5. The monoisotopic (exact) mass is 387 g/mol. The van der Waals surface area contributed by atoms with Crippen LogP contribution in [0.25, 0.3) is 6.08 Å². The number of hydrogen-bond donors (Lipinski definition) is 0. The molecule has 0 saturated carbocycles.